The number of hydrogen-bond donors (Lipinski definition) is 0. The molecule has 0 aliphatic heterocycles. The van der Waals surface area contributed by atoms with Crippen LogP contribution in [0.5, 0.6) is 0 Å². The Morgan fingerprint density at radius 1 is 0.722 bits per heavy atom. The third-order valence-corrected chi connectivity index (χ3v) is 2.57. The van der Waals surface area contributed by atoms with Crippen LogP contribution in [0.1, 0.15) is 11.1 Å². The molecule has 0 atom stereocenters. The van der Waals surface area contributed by atoms with E-state index in [2.05, 4.69) is 0 Å². The molecule has 0 aliphatic rings. The second kappa shape index (κ2) is 4.49. The molecule has 0 amide bonds. The van der Waals surface area contributed by atoms with Crippen molar-refractivity contribution in [2.24, 2.45) is 0 Å². The molecule has 0 saturated heterocycles. The van der Waals surface area contributed by atoms with Crippen LogP contribution in [0, 0.1) is 3.57 Å². The lowest BCUT2D eigenvalue weighted by Crippen LogP contribution is -2.34. The van der Waals surface area contributed by atoms with Gasteiger partial charge in [-0.15, -0.1) is 0 Å². The Hall–Kier alpha value is -0.610. The van der Waals surface area contributed by atoms with E-state index in [4.69, 9.17) is 0 Å². The highest BCUT2D eigenvalue weighted by Gasteiger charge is 2.59. The van der Waals surface area contributed by atoms with Crippen molar-refractivity contribution in [3.8, 4) is 0 Å². The Bertz CT molecular complexity index is 445. The quantitative estimate of drug-likeness (QED) is 0.470. The smallest absolute Gasteiger partial charge is 0.191 e. The molecule has 0 N–H and O–H groups in total. The second-order valence-electron chi connectivity index (χ2n) is 3.30. The number of halogens is 9. The highest BCUT2D eigenvalue weighted by molar-refractivity contribution is 14.1. The first-order chi connectivity index (χ1) is 7.85. The molecule has 1 aromatic carbocycles. The molecule has 1 rings (SSSR count). The van der Waals surface area contributed by atoms with Crippen molar-refractivity contribution in [2.75, 3.05) is 0 Å². The van der Waals surface area contributed by atoms with Gasteiger partial charge in [-0.2, -0.15) is 35.1 Å². The van der Waals surface area contributed by atoms with Gasteiger partial charge in [0.2, 0.25) is 0 Å². The van der Waals surface area contributed by atoms with E-state index in [1.807, 2.05) is 0 Å². The molecule has 0 fully saturated rings. The third kappa shape index (κ3) is 3.04. The van der Waals surface area contributed by atoms with Gasteiger partial charge < -0.3 is 0 Å². The van der Waals surface area contributed by atoms with Crippen LogP contribution in [0.25, 0.3) is 0 Å². The first-order valence-corrected chi connectivity index (χ1v) is 5.26. The van der Waals surface area contributed by atoms with E-state index < -0.39 is 29.4 Å². The molecule has 18 heavy (non-hydrogen) atoms. The molecule has 0 saturated carbocycles. The summed E-state index contributed by atoms with van der Waals surface area (Å²) >= 11 is 1.24. The van der Waals surface area contributed by atoms with Crippen molar-refractivity contribution < 1.29 is 35.1 Å². The zero-order chi connectivity index (χ0) is 14.4. The Labute approximate surface area is 109 Å². The van der Waals surface area contributed by atoms with Crippen LogP contribution < -0.4 is 0 Å². The van der Waals surface area contributed by atoms with E-state index in [-0.39, 0.29) is 9.64 Å². The summed E-state index contributed by atoms with van der Waals surface area (Å²) in [5.41, 5.74) is -3.28. The largest absolute Gasteiger partial charge is 0.458 e. The average molecular weight is 390 g/mol. The molecule has 0 aliphatic carbocycles. The van der Waals surface area contributed by atoms with Crippen molar-refractivity contribution in [1.29, 1.82) is 0 Å². The van der Waals surface area contributed by atoms with Crippen LogP contribution in [0.4, 0.5) is 35.1 Å². The van der Waals surface area contributed by atoms with E-state index in [0.717, 1.165) is 0 Å². The van der Waals surface area contributed by atoms with Gasteiger partial charge >= 0.3 is 18.3 Å². The lowest BCUT2D eigenvalue weighted by molar-refractivity contribution is -0.289. The van der Waals surface area contributed by atoms with Gasteiger partial charge in [0, 0.05) is 9.13 Å². The Morgan fingerprint density at radius 3 is 1.56 bits per heavy atom. The van der Waals surface area contributed by atoms with Crippen LogP contribution in [0.15, 0.2) is 18.2 Å². The summed E-state index contributed by atoms with van der Waals surface area (Å²) in [6, 6.07) is 0.648. The lowest BCUT2D eigenvalue weighted by atomic mass is 10.0. The van der Waals surface area contributed by atoms with Gasteiger partial charge in [0.05, 0.1) is 5.56 Å². The number of benzene rings is 1. The molecular weight excluding hydrogens is 387 g/mol. The molecule has 0 radical (unpaired) electrons. The van der Waals surface area contributed by atoms with E-state index in [1.165, 1.54) is 22.6 Å². The summed E-state index contributed by atoms with van der Waals surface area (Å²) in [5, 5.41) is 0. The molecular formula is C9H3F8I. The number of rotatable bonds is 1. The maximum absolute atomic E-state index is 12.9. The molecule has 102 valence electrons. The predicted molar refractivity (Wildman–Crippen MR) is 54.1 cm³/mol. The zero-order valence-corrected chi connectivity index (χ0v) is 10.3. The Balaban J connectivity index is 3.40. The second-order valence-corrected chi connectivity index (χ2v) is 4.54. The molecule has 9 heteroatoms. The van der Waals surface area contributed by atoms with Crippen molar-refractivity contribution in [3.63, 3.8) is 0 Å². The minimum absolute atomic E-state index is 0.199. The maximum Gasteiger partial charge on any atom is 0.458 e. The van der Waals surface area contributed by atoms with E-state index in [0.29, 0.717) is 12.1 Å². The topological polar surface area (TPSA) is 0 Å². The summed E-state index contributed by atoms with van der Waals surface area (Å²) in [6.45, 7) is 0. The maximum atomic E-state index is 12.9. The van der Waals surface area contributed by atoms with Crippen LogP contribution in [0.3, 0.4) is 0 Å². The highest BCUT2D eigenvalue weighted by Crippen LogP contribution is 2.45. The summed E-state index contributed by atoms with van der Waals surface area (Å²) < 4.78 is 98.5. The zero-order valence-electron chi connectivity index (χ0n) is 8.13. The molecule has 0 bridgehead atoms. The Kier molecular flexibility index (Phi) is 3.86. The third-order valence-electron chi connectivity index (χ3n) is 1.94. The molecule has 0 unspecified atom stereocenters. The van der Waals surface area contributed by atoms with Crippen molar-refractivity contribution in [1.82, 2.24) is 0 Å². The normalized spacial score (nSPS) is 13.8. The summed E-state index contributed by atoms with van der Waals surface area (Å²) in [7, 11) is 0. The summed E-state index contributed by atoms with van der Waals surface area (Å²) in [5.74, 6) is -5.33. The average Bonchev–Trinajstić information content (AvgIpc) is 2.13. The molecule has 0 spiro atoms. The monoisotopic (exact) mass is 390 g/mol. The molecule has 0 aromatic heterocycles. The fraction of sp³-hybridized carbons (Fsp3) is 0.333. The van der Waals surface area contributed by atoms with Gasteiger partial charge in [0.25, 0.3) is 0 Å². The van der Waals surface area contributed by atoms with Gasteiger partial charge in [0.1, 0.15) is 0 Å². The summed E-state index contributed by atoms with van der Waals surface area (Å²) in [6.07, 6.45) is -10.9. The fourth-order valence-corrected chi connectivity index (χ4v) is 1.77. The first-order valence-electron chi connectivity index (χ1n) is 4.18. The SMILES string of the molecule is FC(F)(F)c1cc(I)cc(C(F)(F)C(F)(F)F)c1. The minimum Gasteiger partial charge on any atom is -0.191 e. The van der Waals surface area contributed by atoms with Crippen molar-refractivity contribution >= 4 is 22.6 Å². The molecule has 0 nitrogen and oxygen atoms in total. The van der Waals surface area contributed by atoms with Crippen LogP contribution in [-0.2, 0) is 12.1 Å². The lowest BCUT2D eigenvalue weighted by Gasteiger charge is -2.21. The first kappa shape index (κ1) is 15.4. The highest BCUT2D eigenvalue weighted by atomic mass is 127. The van der Waals surface area contributed by atoms with Crippen molar-refractivity contribution in [2.45, 2.75) is 18.3 Å². The minimum atomic E-state index is -5.94. The molecule has 0 heterocycles. The van der Waals surface area contributed by atoms with E-state index in [9.17, 15) is 35.1 Å². The number of hydrogen-bond acceptors (Lipinski definition) is 0. The van der Waals surface area contributed by atoms with Gasteiger partial charge in [-0.1, -0.05) is 0 Å². The Morgan fingerprint density at radius 2 is 1.17 bits per heavy atom. The van der Waals surface area contributed by atoms with E-state index in [1.54, 1.807) is 0 Å². The van der Waals surface area contributed by atoms with Gasteiger partial charge in [-0.3, -0.25) is 0 Å². The standard InChI is InChI=1S/C9H3F8I/c10-7(11,9(15,16)17)4-1-5(8(12,13)14)3-6(18)2-4/h1-3H. The van der Waals surface area contributed by atoms with Crippen LogP contribution in [-0.4, -0.2) is 6.18 Å². The van der Waals surface area contributed by atoms with Crippen LogP contribution >= 0.6 is 22.6 Å². The fourth-order valence-electron chi connectivity index (χ4n) is 1.10. The molecule has 1 aromatic rings. The summed E-state index contributed by atoms with van der Waals surface area (Å²) in [4.78, 5) is 0. The predicted octanol–water partition coefficient (Wildman–Crippen LogP) is 4.96. The van der Waals surface area contributed by atoms with Gasteiger partial charge in [-0.05, 0) is 40.8 Å². The van der Waals surface area contributed by atoms with Crippen molar-refractivity contribution in [3.05, 3.63) is 32.9 Å². The number of alkyl halides is 8. The van der Waals surface area contributed by atoms with Crippen LogP contribution in [0.2, 0.25) is 0 Å². The van der Waals surface area contributed by atoms with Gasteiger partial charge in [0.15, 0.2) is 0 Å². The van der Waals surface area contributed by atoms with Gasteiger partial charge in [-0.25, -0.2) is 0 Å². The van der Waals surface area contributed by atoms with E-state index >= 15 is 0 Å².